The highest BCUT2D eigenvalue weighted by atomic mass is 16.5. The maximum atomic E-state index is 5.81. The summed E-state index contributed by atoms with van der Waals surface area (Å²) in [6.07, 6.45) is 0. The zero-order valence-electron chi connectivity index (χ0n) is 12.8. The van der Waals surface area contributed by atoms with Gasteiger partial charge >= 0.3 is 0 Å². The summed E-state index contributed by atoms with van der Waals surface area (Å²) >= 11 is 0. The molecule has 0 atom stereocenters. The fourth-order valence-electron chi connectivity index (χ4n) is 1.80. The minimum atomic E-state index is 0.263. The van der Waals surface area contributed by atoms with E-state index in [1.54, 1.807) is 14.0 Å². The highest BCUT2D eigenvalue weighted by molar-refractivity contribution is 5.40. The number of nitrogens with one attached hydrogen (secondary N) is 1. The van der Waals surface area contributed by atoms with Gasteiger partial charge in [-0.3, -0.25) is 0 Å². The molecule has 1 aromatic carbocycles. The van der Waals surface area contributed by atoms with Crippen LogP contribution in [0.1, 0.15) is 31.1 Å². The van der Waals surface area contributed by atoms with Crippen molar-refractivity contribution in [1.29, 1.82) is 0 Å². The van der Waals surface area contributed by atoms with Crippen molar-refractivity contribution < 1.29 is 14.0 Å². The molecule has 2 aromatic rings. The first-order valence-electron chi connectivity index (χ1n) is 6.90. The van der Waals surface area contributed by atoms with Gasteiger partial charge in [0, 0.05) is 31.1 Å². The molecule has 0 aliphatic rings. The Bertz CT molecular complexity index is 581. The molecule has 0 unspecified atom stereocenters. The van der Waals surface area contributed by atoms with Crippen LogP contribution in [-0.2, 0) is 13.2 Å². The fraction of sp³-hybridized carbons (Fsp3) is 0.467. The molecule has 21 heavy (non-hydrogen) atoms. The zero-order chi connectivity index (χ0) is 15.2. The first-order chi connectivity index (χ1) is 10.1. The summed E-state index contributed by atoms with van der Waals surface area (Å²) in [5.41, 5.74) is 1.06. The lowest BCUT2D eigenvalue weighted by molar-refractivity contribution is 0.280. The predicted octanol–water partition coefficient (Wildman–Crippen LogP) is 2.46. The van der Waals surface area contributed by atoms with E-state index in [1.165, 1.54) is 0 Å². The van der Waals surface area contributed by atoms with Crippen LogP contribution in [0.4, 0.5) is 0 Å². The van der Waals surface area contributed by atoms with Crippen LogP contribution in [0.5, 0.6) is 11.5 Å². The molecule has 1 N–H and O–H groups in total. The molecule has 6 nitrogen and oxygen atoms in total. The molecule has 0 amide bonds. The first-order valence-corrected chi connectivity index (χ1v) is 6.90. The summed E-state index contributed by atoms with van der Waals surface area (Å²) in [7, 11) is 1.63. The Kier molecular flexibility index (Phi) is 5.16. The second kappa shape index (κ2) is 7.08. The van der Waals surface area contributed by atoms with Gasteiger partial charge in [0.1, 0.15) is 11.5 Å². The van der Waals surface area contributed by atoms with Gasteiger partial charge in [-0.15, -0.1) is 0 Å². The Labute approximate surface area is 124 Å². The summed E-state index contributed by atoms with van der Waals surface area (Å²) in [5, 5.41) is 7.19. The van der Waals surface area contributed by atoms with Gasteiger partial charge in [-0.1, -0.05) is 25.1 Å². The lowest BCUT2D eigenvalue weighted by Gasteiger charge is -2.14. The SMILES string of the molecule is COc1ccc(CNC(C)C)c(OCc2noc(C)n2)c1. The molecule has 0 fully saturated rings. The van der Waals surface area contributed by atoms with Gasteiger partial charge in [0.05, 0.1) is 7.11 Å². The third kappa shape index (κ3) is 4.46. The minimum absolute atomic E-state index is 0.263. The second-order valence-corrected chi connectivity index (χ2v) is 5.03. The monoisotopic (exact) mass is 291 g/mol. The number of aromatic nitrogens is 2. The lowest BCUT2D eigenvalue weighted by atomic mass is 10.2. The van der Waals surface area contributed by atoms with Crippen molar-refractivity contribution in [2.24, 2.45) is 0 Å². The third-order valence-corrected chi connectivity index (χ3v) is 2.90. The van der Waals surface area contributed by atoms with Crippen LogP contribution >= 0.6 is 0 Å². The van der Waals surface area contributed by atoms with E-state index in [2.05, 4.69) is 29.3 Å². The second-order valence-electron chi connectivity index (χ2n) is 5.03. The molecule has 0 bridgehead atoms. The number of aryl methyl sites for hydroxylation is 1. The first kappa shape index (κ1) is 15.3. The predicted molar refractivity (Wildman–Crippen MR) is 78.3 cm³/mol. The van der Waals surface area contributed by atoms with Crippen LogP contribution in [0.2, 0.25) is 0 Å². The Balaban J connectivity index is 2.10. The molecule has 0 aliphatic carbocycles. The molecular formula is C15H21N3O3. The number of benzene rings is 1. The van der Waals surface area contributed by atoms with Crippen molar-refractivity contribution >= 4 is 0 Å². The molecular weight excluding hydrogens is 270 g/mol. The number of nitrogens with zero attached hydrogens (tertiary/aromatic N) is 2. The minimum Gasteiger partial charge on any atom is -0.497 e. The van der Waals surface area contributed by atoms with Gasteiger partial charge in [0.2, 0.25) is 11.7 Å². The van der Waals surface area contributed by atoms with E-state index in [9.17, 15) is 0 Å². The fourth-order valence-corrected chi connectivity index (χ4v) is 1.80. The van der Waals surface area contributed by atoms with E-state index >= 15 is 0 Å². The van der Waals surface area contributed by atoms with Crippen molar-refractivity contribution in [3.05, 3.63) is 35.5 Å². The number of ether oxygens (including phenoxy) is 2. The maximum Gasteiger partial charge on any atom is 0.223 e. The van der Waals surface area contributed by atoms with Crippen molar-refractivity contribution in [3.63, 3.8) is 0 Å². The van der Waals surface area contributed by atoms with Crippen LogP contribution in [-0.4, -0.2) is 23.3 Å². The van der Waals surface area contributed by atoms with Gasteiger partial charge in [-0.05, 0) is 6.07 Å². The van der Waals surface area contributed by atoms with Gasteiger partial charge < -0.3 is 19.3 Å². The molecule has 0 aliphatic heterocycles. The maximum absolute atomic E-state index is 5.81. The van der Waals surface area contributed by atoms with Crippen molar-refractivity contribution in [3.8, 4) is 11.5 Å². The summed E-state index contributed by atoms with van der Waals surface area (Å²) in [6.45, 7) is 6.94. The molecule has 0 radical (unpaired) electrons. The summed E-state index contributed by atoms with van der Waals surface area (Å²) in [6, 6.07) is 6.18. The highest BCUT2D eigenvalue weighted by Gasteiger charge is 2.09. The van der Waals surface area contributed by atoms with E-state index < -0.39 is 0 Å². The molecule has 1 heterocycles. The van der Waals surface area contributed by atoms with Gasteiger partial charge in [-0.2, -0.15) is 4.98 Å². The Morgan fingerprint density at radius 2 is 2.14 bits per heavy atom. The van der Waals surface area contributed by atoms with Crippen LogP contribution < -0.4 is 14.8 Å². The highest BCUT2D eigenvalue weighted by Crippen LogP contribution is 2.25. The van der Waals surface area contributed by atoms with Crippen molar-refractivity contribution in [2.75, 3.05) is 7.11 Å². The van der Waals surface area contributed by atoms with Gasteiger partial charge in [0.25, 0.3) is 0 Å². The quantitative estimate of drug-likeness (QED) is 0.845. The average Bonchev–Trinajstić information content (AvgIpc) is 2.88. The third-order valence-electron chi connectivity index (χ3n) is 2.90. The molecule has 0 spiro atoms. The van der Waals surface area contributed by atoms with Crippen molar-refractivity contribution in [2.45, 2.75) is 40.0 Å². The standard InChI is InChI=1S/C15H21N3O3/c1-10(2)16-8-12-5-6-13(19-4)7-14(12)20-9-15-17-11(3)21-18-15/h5-7,10,16H,8-9H2,1-4H3. The van der Waals surface area contributed by atoms with Crippen molar-refractivity contribution in [1.82, 2.24) is 15.5 Å². The van der Waals surface area contributed by atoms with E-state index in [-0.39, 0.29) is 6.61 Å². The van der Waals surface area contributed by atoms with E-state index in [4.69, 9.17) is 14.0 Å². The van der Waals surface area contributed by atoms with E-state index in [1.807, 2.05) is 18.2 Å². The molecule has 0 saturated heterocycles. The Hall–Kier alpha value is -2.08. The van der Waals surface area contributed by atoms with Crippen LogP contribution in [0, 0.1) is 6.92 Å². The molecule has 0 saturated carbocycles. The zero-order valence-corrected chi connectivity index (χ0v) is 12.8. The van der Waals surface area contributed by atoms with Gasteiger partial charge in [-0.25, -0.2) is 0 Å². The number of hydrogen-bond donors (Lipinski definition) is 1. The molecule has 1 aromatic heterocycles. The van der Waals surface area contributed by atoms with Gasteiger partial charge in [0.15, 0.2) is 6.61 Å². The topological polar surface area (TPSA) is 69.4 Å². The Morgan fingerprint density at radius 3 is 2.76 bits per heavy atom. The summed E-state index contributed by atoms with van der Waals surface area (Å²) < 4.78 is 16.0. The van der Waals surface area contributed by atoms with E-state index in [0.29, 0.717) is 17.8 Å². The van der Waals surface area contributed by atoms with Crippen LogP contribution in [0.25, 0.3) is 0 Å². The lowest BCUT2D eigenvalue weighted by Crippen LogP contribution is -2.22. The molecule has 2 rings (SSSR count). The smallest absolute Gasteiger partial charge is 0.223 e. The van der Waals surface area contributed by atoms with Crippen LogP contribution in [0.3, 0.4) is 0 Å². The molecule has 114 valence electrons. The number of methoxy groups -OCH3 is 1. The summed E-state index contributed by atoms with van der Waals surface area (Å²) in [5.74, 6) is 2.56. The average molecular weight is 291 g/mol. The van der Waals surface area contributed by atoms with Crippen LogP contribution in [0.15, 0.2) is 22.7 Å². The number of hydrogen-bond acceptors (Lipinski definition) is 6. The van der Waals surface area contributed by atoms with E-state index in [0.717, 1.165) is 23.6 Å². The normalized spacial score (nSPS) is 10.9. The number of rotatable bonds is 7. The Morgan fingerprint density at radius 1 is 1.33 bits per heavy atom. The largest absolute Gasteiger partial charge is 0.497 e. The molecule has 6 heteroatoms. The summed E-state index contributed by atoms with van der Waals surface area (Å²) in [4.78, 5) is 4.12.